The molecule has 0 N–H and O–H groups in total. The number of benzene rings is 2. The zero-order valence-electron chi connectivity index (χ0n) is 19.6. The Kier molecular flexibility index (Phi) is 7.37. The molecule has 2 heterocycles. The van der Waals surface area contributed by atoms with Crippen molar-refractivity contribution in [2.75, 3.05) is 20.3 Å². The van der Waals surface area contributed by atoms with E-state index in [1.165, 1.54) is 12.1 Å². The summed E-state index contributed by atoms with van der Waals surface area (Å²) in [5.41, 5.74) is 3.08. The molecule has 182 valence electrons. The highest BCUT2D eigenvalue weighted by atomic mass is 32.2. The van der Waals surface area contributed by atoms with Crippen molar-refractivity contribution in [1.82, 2.24) is 9.55 Å². The van der Waals surface area contributed by atoms with Crippen LogP contribution >= 0.6 is 0 Å². The van der Waals surface area contributed by atoms with Gasteiger partial charge in [0.1, 0.15) is 11.9 Å². The van der Waals surface area contributed by atoms with Gasteiger partial charge in [-0.15, -0.1) is 0 Å². The summed E-state index contributed by atoms with van der Waals surface area (Å²) in [5, 5.41) is 0. The average molecular weight is 487 g/mol. The standard InChI is InChI=1S/C25H30N2O6S/c1-19-4-10-24(11-5-19)34(28,29)32-16-23-15-31-25(33-23,17-27-18-26-14-20(27)2)13-12-21-6-8-22(30-3)9-7-21/h4-11,14,18,23H,12-13,15-17H2,1-3H3/t23-,25-/m0/s1. The summed E-state index contributed by atoms with van der Waals surface area (Å²) in [6.45, 7) is 4.42. The van der Waals surface area contributed by atoms with E-state index in [2.05, 4.69) is 4.98 Å². The molecule has 1 saturated heterocycles. The number of aryl methyl sites for hydroxylation is 3. The molecule has 1 fully saturated rings. The van der Waals surface area contributed by atoms with Crippen molar-refractivity contribution >= 4 is 10.1 Å². The van der Waals surface area contributed by atoms with Crippen LogP contribution in [0.15, 0.2) is 66.0 Å². The van der Waals surface area contributed by atoms with Crippen LogP contribution in [0, 0.1) is 13.8 Å². The quantitative estimate of drug-likeness (QED) is 0.404. The second-order valence-corrected chi connectivity index (χ2v) is 10.1. The van der Waals surface area contributed by atoms with Crippen LogP contribution in [-0.4, -0.2) is 50.2 Å². The minimum atomic E-state index is -3.88. The Bertz CT molecular complexity index is 1190. The third-order valence-electron chi connectivity index (χ3n) is 5.92. The minimum absolute atomic E-state index is 0.122. The molecule has 1 aromatic heterocycles. The number of hydrogen-bond acceptors (Lipinski definition) is 7. The van der Waals surface area contributed by atoms with Crippen LogP contribution in [0.1, 0.15) is 23.2 Å². The second kappa shape index (κ2) is 10.3. The maximum atomic E-state index is 12.6. The SMILES string of the molecule is COc1ccc(CC[C@]2(Cn3cncc3C)OC[C@@H](COS(=O)(=O)c3ccc(C)cc3)O2)cc1. The Morgan fingerprint density at radius 1 is 1.12 bits per heavy atom. The van der Waals surface area contributed by atoms with Gasteiger partial charge in [-0.3, -0.25) is 4.18 Å². The highest BCUT2D eigenvalue weighted by Gasteiger charge is 2.42. The monoisotopic (exact) mass is 486 g/mol. The van der Waals surface area contributed by atoms with Gasteiger partial charge in [0, 0.05) is 18.3 Å². The van der Waals surface area contributed by atoms with Crippen LogP contribution in [0.25, 0.3) is 0 Å². The predicted octanol–water partition coefficient (Wildman–Crippen LogP) is 3.66. The van der Waals surface area contributed by atoms with Gasteiger partial charge < -0.3 is 18.8 Å². The lowest BCUT2D eigenvalue weighted by Crippen LogP contribution is -2.37. The lowest BCUT2D eigenvalue weighted by Gasteiger charge is -2.29. The summed E-state index contributed by atoms with van der Waals surface area (Å²) in [5.74, 6) is -0.125. The van der Waals surface area contributed by atoms with E-state index in [1.54, 1.807) is 31.8 Å². The largest absolute Gasteiger partial charge is 0.497 e. The van der Waals surface area contributed by atoms with E-state index in [4.69, 9.17) is 18.4 Å². The van der Waals surface area contributed by atoms with E-state index in [0.717, 1.165) is 22.6 Å². The topological polar surface area (TPSA) is 88.9 Å². The molecule has 0 bridgehead atoms. The molecule has 34 heavy (non-hydrogen) atoms. The zero-order chi connectivity index (χ0) is 24.2. The summed E-state index contributed by atoms with van der Waals surface area (Å²) in [6, 6.07) is 14.4. The Balaban J connectivity index is 1.44. The Morgan fingerprint density at radius 2 is 1.85 bits per heavy atom. The molecule has 0 aliphatic carbocycles. The first-order chi connectivity index (χ1) is 16.3. The van der Waals surface area contributed by atoms with E-state index in [9.17, 15) is 8.42 Å². The van der Waals surface area contributed by atoms with Gasteiger partial charge in [0.2, 0.25) is 0 Å². The van der Waals surface area contributed by atoms with Gasteiger partial charge in [-0.2, -0.15) is 8.42 Å². The van der Waals surface area contributed by atoms with E-state index in [-0.39, 0.29) is 18.1 Å². The Labute approximate surface area is 200 Å². The molecular weight excluding hydrogens is 456 g/mol. The molecule has 3 aromatic rings. The molecule has 2 atom stereocenters. The van der Waals surface area contributed by atoms with E-state index < -0.39 is 22.0 Å². The fraction of sp³-hybridized carbons (Fsp3) is 0.400. The van der Waals surface area contributed by atoms with Gasteiger partial charge in [-0.1, -0.05) is 29.8 Å². The first-order valence-corrected chi connectivity index (χ1v) is 12.6. The number of nitrogens with zero attached hydrogens (tertiary/aromatic N) is 2. The summed E-state index contributed by atoms with van der Waals surface area (Å²) >= 11 is 0. The highest BCUT2D eigenvalue weighted by molar-refractivity contribution is 7.86. The number of rotatable bonds is 10. The van der Waals surface area contributed by atoms with Gasteiger partial charge in [0.25, 0.3) is 10.1 Å². The number of hydrogen-bond donors (Lipinski definition) is 0. The van der Waals surface area contributed by atoms with E-state index >= 15 is 0 Å². The normalized spacial score (nSPS) is 20.5. The number of aromatic nitrogens is 2. The Morgan fingerprint density at radius 3 is 2.50 bits per heavy atom. The highest BCUT2D eigenvalue weighted by Crippen LogP contribution is 2.32. The average Bonchev–Trinajstić information content (AvgIpc) is 3.43. The lowest BCUT2D eigenvalue weighted by molar-refractivity contribution is -0.184. The molecule has 1 aliphatic rings. The van der Waals surface area contributed by atoms with E-state index in [0.29, 0.717) is 19.4 Å². The van der Waals surface area contributed by atoms with Gasteiger partial charge in [-0.25, -0.2) is 4.98 Å². The van der Waals surface area contributed by atoms with Gasteiger partial charge in [-0.05, 0) is 50.1 Å². The molecule has 0 unspecified atom stereocenters. The van der Waals surface area contributed by atoms with Gasteiger partial charge >= 0.3 is 0 Å². The molecule has 0 radical (unpaired) electrons. The lowest BCUT2D eigenvalue weighted by atomic mass is 10.0. The maximum Gasteiger partial charge on any atom is 0.297 e. The summed E-state index contributed by atoms with van der Waals surface area (Å²) in [6.07, 6.45) is 4.30. The van der Waals surface area contributed by atoms with Crippen molar-refractivity contribution in [3.8, 4) is 5.75 Å². The van der Waals surface area contributed by atoms with Crippen molar-refractivity contribution in [2.45, 2.75) is 50.0 Å². The summed E-state index contributed by atoms with van der Waals surface area (Å²) in [4.78, 5) is 4.32. The van der Waals surface area contributed by atoms with Gasteiger partial charge in [0.05, 0.1) is 38.1 Å². The summed E-state index contributed by atoms with van der Waals surface area (Å²) < 4.78 is 50.2. The molecule has 2 aromatic carbocycles. The van der Waals surface area contributed by atoms with Crippen LogP contribution in [0.4, 0.5) is 0 Å². The first kappa shape index (κ1) is 24.4. The molecule has 0 spiro atoms. The number of methoxy groups -OCH3 is 1. The Hall–Kier alpha value is -2.72. The number of ether oxygens (including phenoxy) is 3. The molecule has 0 amide bonds. The number of imidazole rings is 1. The fourth-order valence-corrected chi connectivity index (χ4v) is 4.81. The van der Waals surface area contributed by atoms with Crippen LogP contribution in [-0.2, 0) is 36.7 Å². The molecule has 4 rings (SSSR count). The van der Waals surface area contributed by atoms with Crippen molar-refractivity contribution in [3.63, 3.8) is 0 Å². The van der Waals surface area contributed by atoms with Crippen molar-refractivity contribution in [1.29, 1.82) is 0 Å². The maximum absolute atomic E-state index is 12.6. The molecule has 8 nitrogen and oxygen atoms in total. The second-order valence-electron chi connectivity index (χ2n) is 8.52. The zero-order valence-corrected chi connectivity index (χ0v) is 20.5. The van der Waals surface area contributed by atoms with Gasteiger partial charge in [0.15, 0.2) is 5.79 Å². The smallest absolute Gasteiger partial charge is 0.297 e. The van der Waals surface area contributed by atoms with Crippen molar-refractivity contribution < 1.29 is 26.8 Å². The molecular formula is C25H30N2O6S. The van der Waals surface area contributed by atoms with Crippen LogP contribution < -0.4 is 4.74 Å². The van der Waals surface area contributed by atoms with E-state index in [1.807, 2.05) is 42.7 Å². The third kappa shape index (κ3) is 5.85. The molecule has 1 aliphatic heterocycles. The van der Waals surface area contributed by atoms with Crippen molar-refractivity contribution in [3.05, 3.63) is 77.9 Å². The predicted molar refractivity (Wildman–Crippen MR) is 126 cm³/mol. The minimum Gasteiger partial charge on any atom is -0.497 e. The molecule has 0 saturated carbocycles. The van der Waals surface area contributed by atoms with Crippen LogP contribution in [0.5, 0.6) is 5.75 Å². The molecule has 9 heteroatoms. The van der Waals surface area contributed by atoms with Crippen molar-refractivity contribution in [2.24, 2.45) is 0 Å². The third-order valence-corrected chi connectivity index (χ3v) is 7.21. The van der Waals surface area contributed by atoms with Crippen LogP contribution in [0.2, 0.25) is 0 Å². The first-order valence-electron chi connectivity index (χ1n) is 11.2. The fourth-order valence-electron chi connectivity index (χ4n) is 3.87. The van der Waals surface area contributed by atoms with Crippen LogP contribution in [0.3, 0.4) is 0 Å². The summed E-state index contributed by atoms with van der Waals surface area (Å²) in [7, 11) is -2.25.